The number of rotatable bonds is 3. The zero-order valence-electron chi connectivity index (χ0n) is 11.8. The minimum Gasteiger partial charge on any atom is -0.267 e. The van der Waals surface area contributed by atoms with Crippen LogP contribution in [0.2, 0.25) is 5.15 Å². The van der Waals surface area contributed by atoms with E-state index >= 15 is 0 Å². The van der Waals surface area contributed by atoms with Crippen LogP contribution >= 0.6 is 27.5 Å². The van der Waals surface area contributed by atoms with Crippen molar-refractivity contribution in [2.45, 2.75) is 0 Å². The molecule has 6 heteroatoms. The first-order valence-electron chi connectivity index (χ1n) is 6.78. The highest BCUT2D eigenvalue weighted by Gasteiger charge is 2.05. The highest BCUT2D eigenvalue weighted by Crippen LogP contribution is 2.19. The van der Waals surface area contributed by atoms with Crippen LogP contribution in [0, 0.1) is 0 Å². The van der Waals surface area contributed by atoms with Gasteiger partial charge in [-0.05, 0) is 30.3 Å². The summed E-state index contributed by atoms with van der Waals surface area (Å²) in [5.74, 6) is -0.299. The molecule has 3 rings (SSSR count). The van der Waals surface area contributed by atoms with Crippen LogP contribution in [0.15, 0.2) is 64.2 Å². The molecule has 0 saturated carbocycles. The smallest absolute Gasteiger partial charge is 0.267 e. The lowest BCUT2D eigenvalue weighted by molar-refractivity contribution is 0.0955. The Kier molecular flexibility index (Phi) is 4.69. The number of nitrogens with one attached hydrogen (secondary N) is 1. The lowest BCUT2D eigenvalue weighted by Crippen LogP contribution is -2.17. The van der Waals surface area contributed by atoms with Crippen LogP contribution in [0.25, 0.3) is 10.9 Å². The van der Waals surface area contributed by atoms with Gasteiger partial charge >= 0.3 is 0 Å². The van der Waals surface area contributed by atoms with Crippen LogP contribution in [0.3, 0.4) is 0 Å². The van der Waals surface area contributed by atoms with Crippen molar-refractivity contribution in [1.29, 1.82) is 0 Å². The fraction of sp³-hybridized carbons (Fsp3) is 0. The Balaban J connectivity index is 1.78. The standard InChI is InChI=1S/C17H11BrClN3O/c18-14-6-3-5-12(9-14)17(23)22-20-10-13-8-11-4-1-2-7-15(11)21-16(13)19/h1-10H,(H,22,23)/b20-10+. The molecule has 0 aliphatic heterocycles. The largest absolute Gasteiger partial charge is 0.271 e. The summed E-state index contributed by atoms with van der Waals surface area (Å²) >= 11 is 9.46. The van der Waals surface area contributed by atoms with E-state index in [0.717, 1.165) is 15.4 Å². The zero-order chi connectivity index (χ0) is 16.2. The topological polar surface area (TPSA) is 54.4 Å². The molecular formula is C17H11BrClN3O. The van der Waals surface area contributed by atoms with E-state index in [0.29, 0.717) is 16.3 Å². The Labute approximate surface area is 146 Å². The molecular weight excluding hydrogens is 378 g/mol. The summed E-state index contributed by atoms with van der Waals surface area (Å²) in [6.07, 6.45) is 1.48. The first-order chi connectivity index (χ1) is 11.1. The van der Waals surface area contributed by atoms with Crippen LogP contribution < -0.4 is 5.43 Å². The van der Waals surface area contributed by atoms with Gasteiger partial charge in [0.2, 0.25) is 0 Å². The maximum Gasteiger partial charge on any atom is 0.271 e. The molecule has 0 spiro atoms. The molecule has 3 aromatic rings. The number of pyridine rings is 1. The van der Waals surface area contributed by atoms with Crippen molar-refractivity contribution in [2.75, 3.05) is 0 Å². The number of hydrazone groups is 1. The van der Waals surface area contributed by atoms with Crippen molar-refractivity contribution in [3.05, 3.63) is 75.4 Å². The molecule has 0 radical (unpaired) electrons. The van der Waals surface area contributed by atoms with Crippen LogP contribution in [0.1, 0.15) is 15.9 Å². The van der Waals surface area contributed by atoms with Crippen molar-refractivity contribution < 1.29 is 4.79 Å². The second kappa shape index (κ2) is 6.89. The number of nitrogens with zero attached hydrogens (tertiary/aromatic N) is 2. The van der Waals surface area contributed by atoms with Crippen LogP contribution in [-0.2, 0) is 0 Å². The number of hydrogen-bond donors (Lipinski definition) is 1. The molecule has 1 amide bonds. The highest BCUT2D eigenvalue weighted by molar-refractivity contribution is 9.10. The number of carbonyl (C=O) groups is 1. The van der Waals surface area contributed by atoms with E-state index in [2.05, 4.69) is 31.4 Å². The molecule has 114 valence electrons. The lowest BCUT2D eigenvalue weighted by atomic mass is 10.2. The third-order valence-electron chi connectivity index (χ3n) is 3.16. The molecule has 0 aliphatic carbocycles. The molecule has 0 unspecified atom stereocenters. The summed E-state index contributed by atoms with van der Waals surface area (Å²) in [6.45, 7) is 0. The summed E-state index contributed by atoms with van der Waals surface area (Å²) in [7, 11) is 0. The van der Waals surface area contributed by atoms with Crippen LogP contribution in [0.4, 0.5) is 0 Å². The van der Waals surface area contributed by atoms with Gasteiger partial charge < -0.3 is 0 Å². The third-order valence-corrected chi connectivity index (χ3v) is 3.96. The fourth-order valence-electron chi connectivity index (χ4n) is 2.05. The Bertz CT molecular complexity index is 911. The summed E-state index contributed by atoms with van der Waals surface area (Å²) in [5.41, 5.74) is 4.44. The Morgan fingerprint density at radius 2 is 2.00 bits per heavy atom. The zero-order valence-corrected chi connectivity index (χ0v) is 14.2. The first kappa shape index (κ1) is 15.6. The minimum atomic E-state index is -0.299. The maximum atomic E-state index is 12.0. The third kappa shape index (κ3) is 3.75. The highest BCUT2D eigenvalue weighted by atomic mass is 79.9. The molecule has 1 N–H and O–H groups in total. The van der Waals surface area contributed by atoms with E-state index in [9.17, 15) is 4.79 Å². The number of aromatic nitrogens is 1. The van der Waals surface area contributed by atoms with E-state index in [4.69, 9.17) is 11.6 Å². The first-order valence-corrected chi connectivity index (χ1v) is 7.95. The Hall–Kier alpha value is -2.24. The molecule has 2 aromatic carbocycles. The van der Waals surface area contributed by atoms with Gasteiger partial charge in [-0.2, -0.15) is 5.10 Å². The van der Waals surface area contributed by atoms with Gasteiger partial charge in [0.15, 0.2) is 0 Å². The number of amides is 1. The average Bonchev–Trinajstić information content (AvgIpc) is 2.55. The molecule has 0 aliphatic rings. The van der Waals surface area contributed by atoms with Gasteiger partial charge in [0, 0.05) is 21.0 Å². The molecule has 0 bridgehead atoms. The molecule has 1 aromatic heterocycles. The summed E-state index contributed by atoms with van der Waals surface area (Å²) in [5, 5.41) is 5.24. The lowest BCUT2D eigenvalue weighted by Gasteiger charge is -2.02. The molecule has 0 atom stereocenters. The van der Waals surface area contributed by atoms with Gasteiger partial charge in [0.25, 0.3) is 5.91 Å². The van der Waals surface area contributed by atoms with E-state index in [1.54, 1.807) is 18.2 Å². The number of para-hydroxylation sites is 1. The van der Waals surface area contributed by atoms with E-state index in [1.165, 1.54) is 6.21 Å². The summed E-state index contributed by atoms with van der Waals surface area (Å²) < 4.78 is 0.830. The monoisotopic (exact) mass is 387 g/mol. The van der Waals surface area contributed by atoms with Gasteiger partial charge in [0.1, 0.15) is 5.15 Å². The van der Waals surface area contributed by atoms with Gasteiger partial charge in [-0.1, -0.05) is 51.8 Å². The van der Waals surface area contributed by atoms with Gasteiger partial charge in [-0.15, -0.1) is 0 Å². The SMILES string of the molecule is O=C(N/N=C/c1cc2ccccc2nc1Cl)c1cccc(Br)c1. The molecule has 23 heavy (non-hydrogen) atoms. The van der Waals surface area contributed by atoms with Crippen molar-refractivity contribution in [1.82, 2.24) is 10.4 Å². The summed E-state index contributed by atoms with van der Waals surface area (Å²) in [6, 6.07) is 16.6. The van der Waals surface area contributed by atoms with Gasteiger partial charge in [0.05, 0.1) is 11.7 Å². The fourth-order valence-corrected chi connectivity index (χ4v) is 2.65. The summed E-state index contributed by atoms with van der Waals surface area (Å²) in [4.78, 5) is 16.3. The van der Waals surface area contributed by atoms with Crippen molar-refractivity contribution in [2.24, 2.45) is 5.10 Å². The van der Waals surface area contributed by atoms with Crippen LogP contribution in [0.5, 0.6) is 0 Å². The second-order valence-corrected chi connectivity index (χ2v) is 6.04. The van der Waals surface area contributed by atoms with Crippen molar-refractivity contribution in [3.63, 3.8) is 0 Å². The predicted octanol–water partition coefficient (Wildman–Crippen LogP) is 4.41. The maximum absolute atomic E-state index is 12.0. The number of halogens is 2. The van der Waals surface area contributed by atoms with Crippen molar-refractivity contribution in [3.8, 4) is 0 Å². The number of carbonyl (C=O) groups excluding carboxylic acids is 1. The van der Waals surface area contributed by atoms with Crippen molar-refractivity contribution >= 4 is 50.6 Å². The van der Waals surface area contributed by atoms with Gasteiger partial charge in [-0.3, -0.25) is 4.79 Å². The van der Waals surface area contributed by atoms with E-state index in [1.807, 2.05) is 36.4 Å². The Morgan fingerprint density at radius 1 is 1.17 bits per heavy atom. The normalized spacial score (nSPS) is 11.0. The predicted molar refractivity (Wildman–Crippen MR) is 96.0 cm³/mol. The van der Waals surface area contributed by atoms with E-state index < -0.39 is 0 Å². The molecule has 0 fully saturated rings. The number of benzene rings is 2. The van der Waals surface area contributed by atoms with Crippen LogP contribution in [-0.4, -0.2) is 17.1 Å². The second-order valence-electron chi connectivity index (χ2n) is 4.77. The molecule has 0 saturated heterocycles. The average molecular weight is 389 g/mol. The number of fused-ring (bicyclic) bond motifs is 1. The Morgan fingerprint density at radius 3 is 2.83 bits per heavy atom. The number of hydrogen-bond acceptors (Lipinski definition) is 3. The quantitative estimate of drug-likeness (QED) is 0.410. The van der Waals surface area contributed by atoms with Gasteiger partial charge in [-0.25, -0.2) is 10.4 Å². The minimum absolute atomic E-state index is 0.299. The van der Waals surface area contributed by atoms with E-state index in [-0.39, 0.29) is 5.91 Å². The molecule has 4 nitrogen and oxygen atoms in total. The molecule has 1 heterocycles.